The Morgan fingerprint density at radius 2 is 1.69 bits per heavy atom. The van der Waals surface area contributed by atoms with Gasteiger partial charge in [0.1, 0.15) is 0 Å². The largest absolute Gasteiger partial charge is 0.353 e. The van der Waals surface area contributed by atoms with E-state index in [2.05, 4.69) is 19.2 Å². The Morgan fingerprint density at radius 3 is 2.12 bits per heavy atom. The molecular weight excluding hydrogens is 200 g/mol. The lowest BCUT2D eigenvalue weighted by atomic mass is 9.80. The second kappa shape index (κ2) is 5.67. The molecule has 16 heavy (non-hydrogen) atoms. The van der Waals surface area contributed by atoms with Crippen LogP contribution in [0.2, 0.25) is 0 Å². The summed E-state index contributed by atoms with van der Waals surface area (Å²) in [5, 5.41) is 3.14. The van der Waals surface area contributed by atoms with Crippen molar-refractivity contribution in [2.45, 2.75) is 59.0 Å². The fraction of sp³-hybridized carbons (Fsp3) is 0.923. The summed E-state index contributed by atoms with van der Waals surface area (Å²) in [5.41, 5.74) is 5.74. The summed E-state index contributed by atoms with van der Waals surface area (Å²) >= 11 is 0. The van der Waals surface area contributed by atoms with Gasteiger partial charge in [-0.15, -0.1) is 0 Å². The zero-order chi connectivity index (χ0) is 12.3. The molecule has 0 aromatic heterocycles. The Labute approximate surface area is 99.2 Å². The molecule has 0 heterocycles. The Kier molecular flexibility index (Phi) is 4.78. The molecule has 94 valence electrons. The van der Waals surface area contributed by atoms with Gasteiger partial charge in [0.25, 0.3) is 0 Å². The van der Waals surface area contributed by atoms with Crippen molar-refractivity contribution in [3.63, 3.8) is 0 Å². The highest BCUT2D eigenvalue weighted by atomic mass is 16.1. The second-order valence-corrected chi connectivity index (χ2v) is 5.77. The Morgan fingerprint density at radius 1 is 1.19 bits per heavy atom. The van der Waals surface area contributed by atoms with Crippen LogP contribution in [-0.2, 0) is 4.79 Å². The van der Waals surface area contributed by atoms with Crippen molar-refractivity contribution >= 4 is 5.91 Å². The molecule has 0 aromatic carbocycles. The van der Waals surface area contributed by atoms with Crippen molar-refractivity contribution in [1.29, 1.82) is 0 Å². The van der Waals surface area contributed by atoms with Crippen molar-refractivity contribution in [2.75, 3.05) is 0 Å². The van der Waals surface area contributed by atoms with E-state index in [4.69, 9.17) is 5.73 Å². The van der Waals surface area contributed by atoms with Crippen LogP contribution >= 0.6 is 0 Å². The van der Waals surface area contributed by atoms with E-state index >= 15 is 0 Å². The smallest absolute Gasteiger partial charge is 0.224 e. The van der Waals surface area contributed by atoms with Crippen LogP contribution < -0.4 is 11.1 Å². The van der Waals surface area contributed by atoms with E-state index in [1.54, 1.807) is 0 Å². The topological polar surface area (TPSA) is 55.1 Å². The van der Waals surface area contributed by atoms with E-state index in [0.29, 0.717) is 6.04 Å². The molecule has 0 saturated heterocycles. The Hall–Kier alpha value is -0.570. The molecule has 4 atom stereocenters. The molecule has 3 nitrogen and oxygen atoms in total. The molecule has 0 bridgehead atoms. The Balaban J connectivity index is 2.44. The zero-order valence-electron chi connectivity index (χ0n) is 11.0. The van der Waals surface area contributed by atoms with Gasteiger partial charge in [0, 0.05) is 18.0 Å². The zero-order valence-corrected chi connectivity index (χ0v) is 11.0. The van der Waals surface area contributed by atoms with E-state index in [9.17, 15) is 4.79 Å². The maximum atomic E-state index is 11.9. The van der Waals surface area contributed by atoms with Crippen molar-refractivity contribution in [1.82, 2.24) is 5.32 Å². The van der Waals surface area contributed by atoms with Crippen LogP contribution in [0.25, 0.3) is 0 Å². The lowest BCUT2D eigenvalue weighted by molar-refractivity contribution is -0.126. The van der Waals surface area contributed by atoms with Crippen LogP contribution in [0.5, 0.6) is 0 Å². The molecule has 0 aliphatic heterocycles. The average Bonchev–Trinajstić information content (AvgIpc) is 2.14. The maximum absolute atomic E-state index is 11.9. The summed E-state index contributed by atoms with van der Waals surface area (Å²) in [6, 6.07) is 0.283. The van der Waals surface area contributed by atoms with Crippen LogP contribution in [0.3, 0.4) is 0 Å². The predicted octanol–water partition coefficient (Wildman–Crippen LogP) is 1.91. The van der Waals surface area contributed by atoms with Crippen LogP contribution in [-0.4, -0.2) is 18.0 Å². The highest BCUT2D eigenvalue weighted by Crippen LogP contribution is 2.28. The van der Waals surface area contributed by atoms with Gasteiger partial charge in [-0.05, 0) is 38.0 Å². The monoisotopic (exact) mass is 226 g/mol. The van der Waals surface area contributed by atoms with Gasteiger partial charge < -0.3 is 11.1 Å². The van der Waals surface area contributed by atoms with Crippen molar-refractivity contribution in [3.8, 4) is 0 Å². The van der Waals surface area contributed by atoms with Crippen LogP contribution in [0, 0.1) is 17.8 Å². The molecule has 3 heteroatoms. The summed E-state index contributed by atoms with van der Waals surface area (Å²) in [4.78, 5) is 11.9. The number of amides is 1. The third-order valence-corrected chi connectivity index (χ3v) is 3.73. The van der Waals surface area contributed by atoms with Gasteiger partial charge in [0.15, 0.2) is 0 Å². The minimum atomic E-state index is -0.0902. The molecule has 1 rings (SSSR count). The van der Waals surface area contributed by atoms with E-state index in [0.717, 1.165) is 24.7 Å². The molecule has 0 radical (unpaired) electrons. The third kappa shape index (κ3) is 3.78. The first-order valence-corrected chi connectivity index (χ1v) is 6.46. The van der Waals surface area contributed by atoms with Gasteiger partial charge in [-0.3, -0.25) is 4.79 Å². The highest BCUT2D eigenvalue weighted by Gasteiger charge is 2.27. The molecule has 1 amide bonds. The second-order valence-electron chi connectivity index (χ2n) is 5.77. The summed E-state index contributed by atoms with van der Waals surface area (Å²) in [6.45, 7) is 8.32. The number of carbonyl (C=O) groups excluding carboxylic acids is 1. The number of nitrogens with one attached hydrogen (secondary N) is 1. The molecule has 0 aromatic rings. The lowest BCUT2D eigenvalue weighted by Gasteiger charge is -2.32. The van der Waals surface area contributed by atoms with Gasteiger partial charge in [0.2, 0.25) is 5.91 Å². The molecular formula is C13H26N2O. The minimum absolute atomic E-state index is 0.0709. The standard InChI is InChI=1S/C13H26N2O/c1-8-5-9(2)7-12(6-8)15-13(16)10(3)11(4)14/h8-12H,5-7,14H2,1-4H3,(H,15,16). The van der Waals surface area contributed by atoms with Gasteiger partial charge >= 0.3 is 0 Å². The predicted molar refractivity (Wildman–Crippen MR) is 66.9 cm³/mol. The van der Waals surface area contributed by atoms with Crippen molar-refractivity contribution < 1.29 is 4.79 Å². The minimum Gasteiger partial charge on any atom is -0.353 e. The maximum Gasteiger partial charge on any atom is 0.224 e. The molecule has 0 spiro atoms. The number of carbonyl (C=O) groups is 1. The van der Waals surface area contributed by atoms with E-state index in [-0.39, 0.29) is 17.9 Å². The molecule has 3 N–H and O–H groups in total. The number of nitrogens with two attached hydrogens (primary N) is 1. The summed E-state index contributed by atoms with van der Waals surface area (Å²) in [5.74, 6) is 1.47. The van der Waals surface area contributed by atoms with Crippen LogP contribution in [0.1, 0.15) is 47.0 Å². The van der Waals surface area contributed by atoms with Gasteiger partial charge in [0.05, 0.1) is 0 Å². The summed E-state index contributed by atoms with van der Waals surface area (Å²) in [7, 11) is 0. The first kappa shape index (κ1) is 13.5. The summed E-state index contributed by atoms with van der Waals surface area (Å²) < 4.78 is 0. The van der Waals surface area contributed by atoms with Crippen molar-refractivity contribution in [3.05, 3.63) is 0 Å². The fourth-order valence-electron chi connectivity index (χ4n) is 2.64. The number of hydrogen-bond donors (Lipinski definition) is 2. The molecule has 1 aliphatic carbocycles. The normalized spacial score (nSPS) is 34.2. The molecule has 1 fully saturated rings. The lowest BCUT2D eigenvalue weighted by Crippen LogP contribution is -2.45. The van der Waals surface area contributed by atoms with Crippen molar-refractivity contribution in [2.24, 2.45) is 23.5 Å². The molecule has 4 unspecified atom stereocenters. The van der Waals surface area contributed by atoms with Gasteiger partial charge in [-0.2, -0.15) is 0 Å². The molecule has 1 aliphatic rings. The van der Waals surface area contributed by atoms with Gasteiger partial charge in [-0.25, -0.2) is 0 Å². The first-order valence-electron chi connectivity index (χ1n) is 6.46. The van der Waals surface area contributed by atoms with Crippen LogP contribution in [0.4, 0.5) is 0 Å². The van der Waals surface area contributed by atoms with Crippen LogP contribution in [0.15, 0.2) is 0 Å². The van der Waals surface area contributed by atoms with Gasteiger partial charge in [-0.1, -0.05) is 20.8 Å². The first-order chi connectivity index (χ1) is 7.40. The Bertz CT molecular complexity index is 230. The number of hydrogen-bond acceptors (Lipinski definition) is 2. The third-order valence-electron chi connectivity index (χ3n) is 3.73. The fourth-order valence-corrected chi connectivity index (χ4v) is 2.64. The number of rotatable bonds is 3. The molecule has 1 saturated carbocycles. The van der Waals surface area contributed by atoms with E-state index < -0.39 is 0 Å². The average molecular weight is 226 g/mol. The van der Waals surface area contributed by atoms with E-state index in [1.807, 2.05) is 13.8 Å². The summed E-state index contributed by atoms with van der Waals surface area (Å²) in [6.07, 6.45) is 3.51. The van der Waals surface area contributed by atoms with E-state index in [1.165, 1.54) is 6.42 Å². The highest BCUT2D eigenvalue weighted by molar-refractivity contribution is 5.79. The SMILES string of the molecule is CC1CC(C)CC(NC(=O)C(C)C(C)N)C1. The quantitative estimate of drug-likeness (QED) is 0.772.